The van der Waals surface area contributed by atoms with Crippen molar-refractivity contribution >= 4 is 5.97 Å². The third-order valence-electron chi connectivity index (χ3n) is 2.22. The average molecular weight is 251 g/mol. The van der Waals surface area contributed by atoms with Crippen molar-refractivity contribution in [2.45, 2.75) is 39.8 Å². The van der Waals surface area contributed by atoms with E-state index in [4.69, 9.17) is 4.74 Å². The van der Waals surface area contributed by atoms with Crippen LogP contribution in [0.1, 0.15) is 31.9 Å². The maximum atomic E-state index is 11.5. The van der Waals surface area contributed by atoms with Crippen molar-refractivity contribution in [1.82, 2.24) is 5.06 Å². The van der Waals surface area contributed by atoms with E-state index in [1.807, 2.05) is 31.2 Å². The lowest BCUT2D eigenvalue weighted by atomic mass is 10.1. The van der Waals surface area contributed by atoms with Crippen molar-refractivity contribution in [1.29, 1.82) is 0 Å². The van der Waals surface area contributed by atoms with Gasteiger partial charge in [-0.3, -0.25) is 4.79 Å². The number of carbonyl (C=O) groups is 1. The van der Waals surface area contributed by atoms with Crippen LogP contribution in [0.15, 0.2) is 24.3 Å². The largest absolute Gasteiger partial charge is 0.459 e. The second-order valence-corrected chi connectivity index (χ2v) is 5.39. The number of nitrogens with zero attached hydrogens (tertiary/aromatic N) is 1. The highest BCUT2D eigenvalue weighted by molar-refractivity contribution is 5.71. The summed E-state index contributed by atoms with van der Waals surface area (Å²) in [5.74, 6) is -0.433. The smallest absolute Gasteiger partial charge is 0.323 e. The summed E-state index contributed by atoms with van der Waals surface area (Å²) in [6.45, 7) is 7.57. The molecule has 0 saturated carbocycles. The quantitative estimate of drug-likeness (QED) is 0.660. The summed E-state index contributed by atoms with van der Waals surface area (Å²) in [5, 5.41) is 10.6. The minimum atomic E-state index is -0.526. The molecule has 1 aromatic carbocycles. The molecule has 0 atom stereocenters. The maximum absolute atomic E-state index is 11.5. The molecule has 4 heteroatoms. The molecule has 0 aliphatic heterocycles. The van der Waals surface area contributed by atoms with E-state index in [9.17, 15) is 10.0 Å². The SMILES string of the molecule is Cc1ccc(CN(O)CC(=O)OC(C)(C)C)cc1. The zero-order chi connectivity index (χ0) is 13.8. The van der Waals surface area contributed by atoms with Crippen molar-refractivity contribution in [2.75, 3.05) is 6.54 Å². The summed E-state index contributed by atoms with van der Waals surface area (Å²) in [6.07, 6.45) is 0. The van der Waals surface area contributed by atoms with Gasteiger partial charge in [-0.1, -0.05) is 29.8 Å². The molecule has 0 aliphatic rings. The molecule has 1 aromatic rings. The molecule has 1 rings (SSSR count). The first kappa shape index (κ1) is 14.7. The van der Waals surface area contributed by atoms with Gasteiger partial charge in [-0.05, 0) is 33.3 Å². The Morgan fingerprint density at radius 3 is 2.33 bits per heavy atom. The van der Waals surface area contributed by atoms with Crippen LogP contribution in [0.4, 0.5) is 0 Å². The zero-order valence-electron chi connectivity index (χ0n) is 11.4. The Hall–Kier alpha value is -1.39. The van der Waals surface area contributed by atoms with Gasteiger partial charge in [0.1, 0.15) is 12.1 Å². The third-order valence-corrected chi connectivity index (χ3v) is 2.22. The van der Waals surface area contributed by atoms with Gasteiger partial charge < -0.3 is 9.94 Å². The first-order valence-electron chi connectivity index (χ1n) is 5.97. The normalized spacial score (nSPS) is 11.7. The number of carbonyl (C=O) groups excluding carboxylic acids is 1. The molecule has 0 spiro atoms. The molecule has 1 N–H and O–H groups in total. The Kier molecular flexibility index (Phi) is 4.87. The second-order valence-electron chi connectivity index (χ2n) is 5.39. The van der Waals surface area contributed by atoms with Crippen LogP contribution in [0.25, 0.3) is 0 Å². The first-order valence-corrected chi connectivity index (χ1v) is 5.97. The highest BCUT2D eigenvalue weighted by Gasteiger charge is 2.18. The molecule has 0 unspecified atom stereocenters. The van der Waals surface area contributed by atoms with Crippen molar-refractivity contribution in [3.63, 3.8) is 0 Å². The second kappa shape index (κ2) is 5.98. The summed E-state index contributed by atoms with van der Waals surface area (Å²) in [6, 6.07) is 7.79. The van der Waals surface area contributed by atoms with E-state index >= 15 is 0 Å². The maximum Gasteiger partial charge on any atom is 0.323 e. The van der Waals surface area contributed by atoms with E-state index in [2.05, 4.69) is 0 Å². The van der Waals surface area contributed by atoms with E-state index < -0.39 is 11.6 Å². The summed E-state index contributed by atoms with van der Waals surface area (Å²) in [7, 11) is 0. The minimum Gasteiger partial charge on any atom is -0.459 e. The summed E-state index contributed by atoms with van der Waals surface area (Å²) in [5.41, 5.74) is 1.59. The average Bonchev–Trinajstić information content (AvgIpc) is 2.18. The standard InChI is InChI=1S/C14H21NO3/c1-11-5-7-12(8-6-11)9-15(17)10-13(16)18-14(2,3)4/h5-8,17H,9-10H2,1-4H3. The highest BCUT2D eigenvalue weighted by Crippen LogP contribution is 2.09. The first-order chi connectivity index (χ1) is 8.26. The summed E-state index contributed by atoms with van der Waals surface area (Å²) < 4.78 is 5.12. The number of esters is 1. The Bertz CT molecular complexity index is 392. The van der Waals surface area contributed by atoms with Crippen LogP contribution in [0.2, 0.25) is 0 Å². The fourth-order valence-electron chi connectivity index (χ4n) is 1.48. The van der Waals surface area contributed by atoms with E-state index in [0.717, 1.165) is 16.2 Å². The number of hydrogen-bond donors (Lipinski definition) is 1. The third kappa shape index (κ3) is 5.80. The van der Waals surface area contributed by atoms with Crippen molar-refractivity contribution in [3.05, 3.63) is 35.4 Å². The molecule has 0 radical (unpaired) electrons. The van der Waals surface area contributed by atoms with Gasteiger partial charge in [-0.25, -0.2) is 0 Å². The van der Waals surface area contributed by atoms with Gasteiger partial charge in [0.15, 0.2) is 0 Å². The lowest BCUT2D eigenvalue weighted by Gasteiger charge is -2.21. The van der Waals surface area contributed by atoms with Crippen LogP contribution < -0.4 is 0 Å². The van der Waals surface area contributed by atoms with Crippen LogP contribution in [-0.4, -0.2) is 28.4 Å². The zero-order valence-corrected chi connectivity index (χ0v) is 11.4. The van der Waals surface area contributed by atoms with Crippen LogP contribution in [-0.2, 0) is 16.1 Å². The van der Waals surface area contributed by atoms with Crippen molar-refractivity contribution in [3.8, 4) is 0 Å². The Balaban J connectivity index is 2.44. The van der Waals surface area contributed by atoms with Gasteiger partial charge >= 0.3 is 5.97 Å². The predicted octanol–water partition coefficient (Wildman–Crippen LogP) is 2.53. The van der Waals surface area contributed by atoms with Crippen LogP contribution >= 0.6 is 0 Å². The van der Waals surface area contributed by atoms with Crippen LogP contribution in [0, 0.1) is 6.92 Å². The Morgan fingerprint density at radius 1 is 1.28 bits per heavy atom. The topological polar surface area (TPSA) is 49.8 Å². The summed E-state index contributed by atoms with van der Waals surface area (Å²) >= 11 is 0. The molecule has 4 nitrogen and oxygen atoms in total. The molecule has 0 saturated heterocycles. The van der Waals surface area contributed by atoms with E-state index in [0.29, 0.717) is 6.54 Å². The molecular weight excluding hydrogens is 230 g/mol. The molecule has 0 fully saturated rings. The van der Waals surface area contributed by atoms with Gasteiger partial charge in [-0.15, -0.1) is 0 Å². The fourth-order valence-corrected chi connectivity index (χ4v) is 1.48. The number of hydroxylamine groups is 2. The fraction of sp³-hybridized carbons (Fsp3) is 0.500. The minimum absolute atomic E-state index is 0.134. The Morgan fingerprint density at radius 2 is 1.83 bits per heavy atom. The van der Waals surface area contributed by atoms with E-state index in [1.54, 1.807) is 20.8 Å². The van der Waals surface area contributed by atoms with Gasteiger partial charge in [0.25, 0.3) is 0 Å². The molecule has 0 bridgehead atoms. The van der Waals surface area contributed by atoms with E-state index in [-0.39, 0.29) is 6.54 Å². The van der Waals surface area contributed by atoms with E-state index in [1.165, 1.54) is 0 Å². The van der Waals surface area contributed by atoms with Gasteiger partial charge in [-0.2, -0.15) is 5.06 Å². The molecule has 18 heavy (non-hydrogen) atoms. The molecule has 0 heterocycles. The number of ether oxygens (including phenoxy) is 1. The Labute approximate surface area is 108 Å². The van der Waals surface area contributed by atoms with Gasteiger partial charge in [0.05, 0.1) is 0 Å². The van der Waals surface area contributed by atoms with Crippen molar-refractivity contribution < 1.29 is 14.7 Å². The van der Waals surface area contributed by atoms with Crippen LogP contribution in [0.5, 0.6) is 0 Å². The number of rotatable bonds is 4. The molecule has 0 aliphatic carbocycles. The summed E-state index contributed by atoms with van der Waals surface area (Å²) in [4.78, 5) is 11.5. The molecular formula is C14H21NO3. The lowest BCUT2D eigenvalue weighted by Crippen LogP contribution is -2.32. The molecule has 100 valence electrons. The number of benzene rings is 1. The number of hydrogen-bond acceptors (Lipinski definition) is 4. The predicted molar refractivity (Wildman–Crippen MR) is 69.2 cm³/mol. The molecule has 0 aromatic heterocycles. The number of aryl methyl sites for hydroxylation is 1. The lowest BCUT2D eigenvalue weighted by molar-refractivity contribution is -0.170. The van der Waals surface area contributed by atoms with Crippen LogP contribution in [0.3, 0.4) is 0 Å². The monoisotopic (exact) mass is 251 g/mol. The highest BCUT2D eigenvalue weighted by atomic mass is 16.6. The van der Waals surface area contributed by atoms with Gasteiger partial charge in [0, 0.05) is 6.54 Å². The molecule has 0 amide bonds. The van der Waals surface area contributed by atoms with Gasteiger partial charge in [0.2, 0.25) is 0 Å². The van der Waals surface area contributed by atoms with Crippen molar-refractivity contribution in [2.24, 2.45) is 0 Å².